The van der Waals surface area contributed by atoms with E-state index in [0.717, 1.165) is 16.7 Å². The fourth-order valence-corrected chi connectivity index (χ4v) is 3.90. The molecule has 0 saturated heterocycles. The highest BCUT2D eigenvalue weighted by atomic mass is 35.5. The van der Waals surface area contributed by atoms with Gasteiger partial charge in [-0.25, -0.2) is 14.8 Å². The van der Waals surface area contributed by atoms with Crippen LogP contribution < -0.4 is 10.9 Å². The van der Waals surface area contributed by atoms with Crippen molar-refractivity contribution >= 4 is 34.2 Å². The first-order valence-corrected chi connectivity index (χ1v) is 10.4. The van der Waals surface area contributed by atoms with Crippen LogP contribution in [0.3, 0.4) is 0 Å². The zero-order valence-corrected chi connectivity index (χ0v) is 18.5. The molecule has 0 aliphatic rings. The van der Waals surface area contributed by atoms with Crippen LogP contribution in [0.1, 0.15) is 34.6 Å². The maximum atomic E-state index is 13.2. The summed E-state index contributed by atoms with van der Waals surface area (Å²) < 4.78 is 1.55. The maximum Gasteiger partial charge on any atom is 0.356 e. The minimum atomic E-state index is -1.19. The van der Waals surface area contributed by atoms with Crippen LogP contribution in [0.15, 0.2) is 59.4 Å². The Bertz CT molecular complexity index is 1400. The molecular weight excluding hydrogens is 428 g/mol. The lowest BCUT2D eigenvalue weighted by molar-refractivity contribution is 0.0691. The zero-order chi connectivity index (χ0) is 23.0. The van der Waals surface area contributed by atoms with Crippen LogP contribution in [0.5, 0.6) is 0 Å². The molecule has 4 rings (SSSR count). The smallest absolute Gasteiger partial charge is 0.356 e. The number of fused-ring (bicyclic) bond motifs is 1. The average molecular weight is 449 g/mol. The van der Waals surface area contributed by atoms with Crippen LogP contribution in [0.4, 0.5) is 5.69 Å². The van der Waals surface area contributed by atoms with Crippen molar-refractivity contribution in [1.82, 2.24) is 14.5 Å². The Balaban J connectivity index is 1.88. The van der Waals surface area contributed by atoms with Gasteiger partial charge >= 0.3 is 5.97 Å². The van der Waals surface area contributed by atoms with Gasteiger partial charge in [0.05, 0.1) is 22.6 Å². The molecule has 0 spiro atoms. The number of benzene rings is 2. The third-order valence-electron chi connectivity index (χ3n) is 5.29. The van der Waals surface area contributed by atoms with Crippen LogP contribution in [0.2, 0.25) is 5.15 Å². The molecule has 0 unspecified atom stereocenters. The van der Waals surface area contributed by atoms with E-state index >= 15 is 0 Å². The number of hydrogen-bond donors (Lipinski definition) is 2. The Labute approximate surface area is 189 Å². The third-order valence-corrected chi connectivity index (χ3v) is 5.50. The van der Waals surface area contributed by atoms with Gasteiger partial charge in [-0.1, -0.05) is 48.0 Å². The lowest BCUT2D eigenvalue weighted by Gasteiger charge is -2.20. The molecule has 2 heterocycles. The van der Waals surface area contributed by atoms with Crippen LogP contribution >= 0.6 is 11.6 Å². The number of aryl methyl sites for hydroxylation is 1. The number of rotatable bonds is 5. The zero-order valence-electron chi connectivity index (χ0n) is 17.8. The number of nitrogens with zero attached hydrogens (tertiary/aromatic N) is 3. The van der Waals surface area contributed by atoms with Gasteiger partial charge in [-0.2, -0.15) is 0 Å². The first-order chi connectivity index (χ1) is 15.3. The summed E-state index contributed by atoms with van der Waals surface area (Å²) in [5, 5.41) is 13.3. The van der Waals surface area contributed by atoms with E-state index < -0.39 is 5.97 Å². The fraction of sp³-hybridized carbons (Fsp3) is 0.167. The van der Waals surface area contributed by atoms with Gasteiger partial charge < -0.3 is 10.4 Å². The minimum absolute atomic E-state index is 0.0966. The van der Waals surface area contributed by atoms with E-state index in [-0.39, 0.29) is 22.4 Å². The van der Waals surface area contributed by atoms with Gasteiger partial charge in [0, 0.05) is 18.2 Å². The highest BCUT2D eigenvalue weighted by Crippen LogP contribution is 2.29. The van der Waals surface area contributed by atoms with E-state index in [1.165, 1.54) is 6.07 Å². The lowest BCUT2D eigenvalue weighted by atomic mass is 10.0. The van der Waals surface area contributed by atoms with Crippen LogP contribution in [0, 0.1) is 6.92 Å². The van der Waals surface area contributed by atoms with Gasteiger partial charge in [-0.05, 0) is 37.6 Å². The van der Waals surface area contributed by atoms with Gasteiger partial charge in [-0.3, -0.25) is 9.36 Å². The Morgan fingerprint density at radius 2 is 1.84 bits per heavy atom. The molecular formula is C24H21ClN4O3. The second kappa shape index (κ2) is 8.43. The molecule has 0 saturated carbocycles. The number of anilines is 1. The third kappa shape index (κ3) is 3.94. The number of aromatic nitrogens is 3. The summed E-state index contributed by atoms with van der Waals surface area (Å²) in [6.45, 7) is 3.79. The summed E-state index contributed by atoms with van der Waals surface area (Å²) in [5.74, 6) is -0.630. The monoisotopic (exact) mass is 448 g/mol. The summed E-state index contributed by atoms with van der Waals surface area (Å²) in [4.78, 5) is 33.6. The number of carboxylic acids is 1. The Morgan fingerprint density at radius 1 is 1.12 bits per heavy atom. The van der Waals surface area contributed by atoms with Crippen molar-refractivity contribution < 1.29 is 9.90 Å². The quantitative estimate of drug-likeness (QED) is 0.424. The molecule has 2 N–H and O–H groups in total. The van der Waals surface area contributed by atoms with Crippen molar-refractivity contribution in [3.63, 3.8) is 0 Å². The Morgan fingerprint density at radius 3 is 2.53 bits per heavy atom. The fourth-order valence-electron chi connectivity index (χ4n) is 3.75. The van der Waals surface area contributed by atoms with Crippen molar-refractivity contribution in [3.05, 3.63) is 86.9 Å². The standard InChI is InChI=1S/C24H21ClN4O3/c1-13-11-16(14(2)26-18-9-10-19(25)27-21(18)24(31)32)20-17(12-13)23(30)29(3)22(28-20)15-7-5-4-6-8-15/h4-12,14,26H,1-3H3,(H,31,32)/t14-/m1/s1. The lowest BCUT2D eigenvalue weighted by Crippen LogP contribution is -2.22. The number of nitrogens with one attached hydrogen (secondary N) is 1. The van der Waals surface area contributed by atoms with Crippen LogP contribution in [-0.4, -0.2) is 25.6 Å². The van der Waals surface area contributed by atoms with E-state index in [1.54, 1.807) is 17.7 Å². The SMILES string of the molecule is Cc1cc([C@@H](C)Nc2ccc(Cl)nc2C(=O)O)c2nc(-c3ccccc3)n(C)c(=O)c2c1. The molecule has 2 aromatic heterocycles. The summed E-state index contributed by atoms with van der Waals surface area (Å²) in [6.07, 6.45) is 0. The van der Waals surface area contributed by atoms with E-state index in [0.29, 0.717) is 22.4 Å². The topological polar surface area (TPSA) is 97.1 Å². The highest BCUT2D eigenvalue weighted by Gasteiger charge is 2.20. The predicted molar refractivity (Wildman–Crippen MR) is 125 cm³/mol. The molecule has 0 aliphatic carbocycles. The first-order valence-electron chi connectivity index (χ1n) is 9.99. The number of carboxylic acid groups (broad SMARTS) is 1. The molecule has 7 nitrogen and oxygen atoms in total. The number of aromatic carboxylic acids is 1. The molecule has 0 fully saturated rings. The molecule has 8 heteroatoms. The molecule has 162 valence electrons. The van der Waals surface area contributed by atoms with Crippen LogP contribution in [-0.2, 0) is 7.05 Å². The predicted octanol–water partition coefficient (Wildman–Crippen LogP) is 4.83. The van der Waals surface area contributed by atoms with Crippen molar-refractivity contribution in [2.45, 2.75) is 19.9 Å². The minimum Gasteiger partial charge on any atom is -0.476 e. The van der Waals surface area contributed by atoms with E-state index in [2.05, 4.69) is 10.3 Å². The number of pyridine rings is 1. The van der Waals surface area contributed by atoms with E-state index in [1.807, 2.05) is 56.3 Å². The second-order valence-electron chi connectivity index (χ2n) is 7.62. The summed E-state index contributed by atoms with van der Waals surface area (Å²) in [6, 6.07) is 16.0. The van der Waals surface area contributed by atoms with Crippen molar-refractivity contribution in [2.24, 2.45) is 7.05 Å². The van der Waals surface area contributed by atoms with E-state index in [4.69, 9.17) is 16.6 Å². The molecule has 1 atom stereocenters. The van der Waals surface area contributed by atoms with Gasteiger partial charge in [0.1, 0.15) is 11.0 Å². The Hall–Kier alpha value is -3.71. The van der Waals surface area contributed by atoms with E-state index in [9.17, 15) is 14.7 Å². The molecule has 0 bridgehead atoms. The average Bonchev–Trinajstić information content (AvgIpc) is 2.77. The van der Waals surface area contributed by atoms with Gasteiger partial charge in [0.25, 0.3) is 5.56 Å². The summed E-state index contributed by atoms with van der Waals surface area (Å²) in [5.41, 5.74) is 3.09. The summed E-state index contributed by atoms with van der Waals surface area (Å²) in [7, 11) is 1.71. The molecule has 0 aliphatic heterocycles. The van der Waals surface area contributed by atoms with Gasteiger partial charge in [0.15, 0.2) is 5.69 Å². The number of carbonyl (C=O) groups is 1. The van der Waals surface area contributed by atoms with Gasteiger partial charge in [0.2, 0.25) is 0 Å². The molecule has 4 aromatic rings. The maximum absolute atomic E-state index is 13.2. The van der Waals surface area contributed by atoms with Crippen molar-refractivity contribution in [1.29, 1.82) is 0 Å². The van der Waals surface area contributed by atoms with Crippen molar-refractivity contribution in [3.8, 4) is 11.4 Å². The highest BCUT2D eigenvalue weighted by molar-refractivity contribution is 6.29. The first kappa shape index (κ1) is 21.5. The van der Waals surface area contributed by atoms with Gasteiger partial charge in [-0.15, -0.1) is 0 Å². The molecule has 0 radical (unpaired) electrons. The second-order valence-corrected chi connectivity index (χ2v) is 8.00. The summed E-state index contributed by atoms with van der Waals surface area (Å²) >= 11 is 5.87. The normalized spacial score (nSPS) is 12.0. The molecule has 2 aromatic carbocycles. The van der Waals surface area contributed by atoms with Crippen LogP contribution in [0.25, 0.3) is 22.3 Å². The van der Waals surface area contributed by atoms with Crippen molar-refractivity contribution in [2.75, 3.05) is 5.32 Å². The number of halogens is 1. The molecule has 0 amide bonds. The number of hydrogen-bond acceptors (Lipinski definition) is 5. The molecule has 32 heavy (non-hydrogen) atoms. The Kier molecular flexibility index (Phi) is 5.67. The largest absolute Gasteiger partial charge is 0.476 e.